The lowest BCUT2D eigenvalue weighted by Gasteiger charge is -2.19. The van der Waals surface area contributed by atoms with E-state index in [2.05, 4.69) is 35.7 Å². The highest BCUT2D eigenvalue weighted by Crippen LogP contribution is 2.30. The number of rotatable bonds is 3. The average molecular weight is 244 g/mol. The molecule has 88 valence electrons. The Balaban J connectivity index is 1.78. The lowest BCUT2D eigenvalue weighted by atomic mass is 9.91. The van der Waals surface area contributed by atoms with Crippen LogP contribution >= 0.6 is 11.3 Å². The maximum absolute atomic E-state index is 5.96. The van der Waals surface area contributed by atoms with Crippen molar-refractivity contribution >= 4 is 11.3 Å². The molecular formula is C15H16OS. The van der Waals surface area contributed by atoms with Crippen LogP contribution in [0.3, 0.4) is 0 Å². The first-order chi connectivity index (χ1) is 8.43. The van der Waals surface area contributed by atoms with Crippen LogP contribution in [0, 0.1) is 0 Å². The molecule has 0 bridgehead atoms. The van der Waals surface area contributed by atoms with Crippen molar-refractivity contribution in [2.24, 2.45) is 0 Å². The summed E-state index contributed by atoms with van der Waals surface area (Å²) >= 11 is 1.75. The smallest absolute Gasteiger partial charge is 0.123 e. The number of benzene rings is 1. The lowest BCUT2D eigenvalue weighted by Crippen LogP contribution is -2.05. The van der Waals surface area contributed by atoms with Crippen LogP contribution in [-0.4, -0.2) is 0 Å². The summed E-state index contributed by atoms with van der Waals surface area (Å²) < 4.78 is 5.96. The van der Waals surface area contributed by atoms with Crippen LogP contribution in [0.2, 0.25) is 0 Å². The van der Waals surface area contributed by atoms with E-state index in [1.807, 2.05) is 0 Å². The van der Waals surface area contributed by atoms with Crippen molar-refractivity contribution in [1.29, 1.82) is 0 Å². The molecule has 0 spiro atoms. The molecule has 1 aliphatic rings. The van der Waals surface area contributed by atoms with Gasteiger partial charge in [0.15, 0.2) is 0 Å². The van der Waals surface area contributed by atoms with Gasteiger partial charge >= 0.3 is 0 Å². The van der Waals surface area contributed by atoms with Gasteiger partial charge in [0.25, 0.3) is 0 Å². The number of hydrogen-bond acceptors (Lipinski definition) is 2. The zero-order chi connectivity index (χ0) is 11.5. The van der Waals surface area contributed by atoms with Gasteiger partial charge in [-0.05, 0) is 54.3 Å². The molecule has 3 rings (SSSR count). The Kier molecular flexibility index (Phi) is 3.14. The summed E-state index contributed by atoms with van der Waals surface area (Å²) in [7, 11) is 0. The molecule has 1 nitrogen and oxygen atoms in total. The molecule has 1 heterocycles. The first-order valence-corrected chi connectivity index (χ1v) is 7.07. The van der Waals surface area contributed by atoms with Crippen molar-refractivity contribution < 1.29 is 4.74 Å². The fourth-order valence-electron chi connectivity index (χ4n) is 2.43. The van der Waals surface area contributed by atoms with Gasteiger partial charge in [0.05, 0.1) is 0 Å². The Morgan fingerprint density at radius 1 is 1.06 bits per heavy atom. The minimum Gasteiger partial charge on any atom is -0.488 e. The minimum atomic E-state index is 0.702. The molecule has 0 amide bonds. The molecule has 0 radical (unpaired) electrons. The maximum Gasteiger partial charge on any atom is 0.123 e. The first-order valence-electron chi connectivity index (χ1n) is 6.19. The predicted molar refractivity (Wildman–Crippen MR) is 71.7 cm³/mol. The van der Waals surface area contributed by atoms with Crippen LogP contribution in [0.25, 0.3) is 0 Å². The van der Waals surface area contributed by atoms with E-state index in [4.69, 9.17) is 4.74 Å². The quantitative estimate of drug-likeness (QED) is 0.786. The van der Waals surface area contributed by atoms with E-state index >= 15 is 0 Å². The third kappa shape index (κ3) is 2.37. The molecule has 1 aliphatic carbocycles. The number of fused-ring (bicyclic) bond motifs is 1. The van der Waals surface area contributed by atoms with Crippen molar-refractivity contribution in [1.82, 2.24) is 0 Å². The number of thiophene rings is 1. The summed E-state index contributed by atoms with van der Waals surface area (Å²) in [6, 6.07) is 10.7. The van der Waals surface area contributed by atoms with Crippen LogP contribution in [0.4, 0.5) is 0 Å². The van der Waals surface area contributed by atoms with Gasteiger partial charge in [-0.2, -0.15) is 0 Å². The fraction of sp³-hybridized carbons (Fsp3) is 0.333. The summed E-state index contributed by atoms with van der Waals surface area (Å²) in [5.74, 6) is 1.09. The molecule has 0 aliphatic heterocycles. The van der Waals surface area contributed by atoms with Crippen molar-refractivity contribution in [2.75, 3.05) is 0 Å². The molecule has 0 saturated heterocycles. The van der Waals surface area contributed by atoms with Crippen LogP contribution in [0.1, 0.15) is 28.8 Å². The molecule has 0 fully saturated rings. The summed E-state index contributed by atoms with van der Waals surface area (Å²) in [6.07, 6.45) is 5.01. The Hall–Kier alpha value is -1.28. The van der Waals surface area contributed by atoms with E-state index < -0.39 is 0 Å². The first kappa shape index (κ1) is 10.8. The molecule has 2 aromatic rings. The van der Waals surface area contributed by atoms with Gasteiger partial charge in [-0.1, -0.05) is 18.2 Å². The predicted octanol–water partition coefficient (Wildman–Crippen LogP) is 4.21. The van der Waals surface area contributed by atoms with E-state index in [9.17, 15) is 0 Å². The summed E-state index contributed by atoms with van der Waals surface area (Å²) in [5, 5.41) is 2.10. The van der Waals surface area contributed by atoms with E-state index in [1.54, 1.807) is 11.3 Å². The molecule has 0 unspecified atom stereocenters. The van der Waals surface area contributed by atoms with E-state index in [0.717, 1.165) is 5.75 Å². The third-order valence-electron chi connectivity index (χ3n) is 3.30. The Labute approximate surface area is 106 Å². The molecule has 0 atom stereocenters. The van der Waals surface area contributed by atoms with E-state index in [1.165, 1.54) is 41.7 Å². The van der Waals surface area contributed by atoms with Crippen LogP contribution in [-0.2, 0) is 19.4 Å². The van der Waals surface area contributed by atoms with Crippen molar-refractivity contribution in [3.63, 3.8) is 0 Å². The zero-order valence-corrected chi connectivity index (χ0v) is 10.6. The number of ether oxygens (including phenoxy) is 1. The highest BCUT2D eigenvalue weighted by Gasteiger charge is 2.13. The summed E-state index contributed by atoms with van der Waals surface area (Å²) in [6.45, 7) is 0.702. The topological polar surface area (TPSA) is 9.23 Å². The lowest BCUT2D eigenvalue weighted by molar-refractivity contribution is 0.305. The SMILES string of the molecule is c1csc(COc2cccc3c2CCCC3)c1. The standard InChI is InChI=1S/C15H16OS/c1-2-8-14-12(5-1)6-3-9-15(14)16-11-13-7-4-10-17-13/h3-4,6-7,9-10H,1-2,5,8,11H2. The Bertz CT molecular complexity index is 488. The molecular weight excluding hydrogens is 228 g/mol. The molecule has 1 aromatic heterocycles. The van der Waals surface area contributed by atoms with Crippen LogP contribution in [0.5, 0.6) is 5.75 Å². The van der Waals surface area contributed by atoms with E-state index in [-0.39, 0.29) is 0 Å². The second-order valence-electron chi connectivity index (χ2n) is 4.47. The molecule has 2 heteroatoms. The molecule has 17 heavy (non-hydrogen) atoms. The van der Waals surface area contributed by atoms with Crippen molar-refractivity contribution in [3.05, 3.63) is 51.7 Å². The number of hydrogen-bond donors (Lipinski definition) is 0. The fourth-order valence-corrected chi connectivity index (χ4v) is 3.04. The van der Waals surface area contributed by atoms with Gasteiger partial charge in [0, 0.05) is 4.88 Å². The van der Waals surface area contributed by atoms with Crippen molar-refractivity contribution in [2.45, 2.75) is 32.3 Å². The Morgan fingerprint density at radius 2 is 2.00 bits per heavy atom. The minimum absolute atomic E-state index is 0.702. The highest BCUT2D eigenvalue weighted by molar-refractivity contribution is 7.09. The monoisotopic (exact) mass is 244 g/mol. The second kappa shape index (κ2) is 4.92. The summed E-state index contributed by atoms with van der Waals surface area (Å²) in [4.78, 5) is 1.29. The molecule has 1 aromatic carbocycles. The highest BCUT2D eigenvalue weighted by atomic mass is 32.1. The van der Waals surface area contributed by atoms with Crippen LogP contribution in [0.15, 0.2) is 35.7 Å². The third-order valence-corrected chi connectivity index (χ3v) is 4.15. The van der Waals surface area contributed by atoms with E-state index in [0.29, 0.717) is 6.61 Å². The van der Waals surface area contributed by atoms with Crippen LogP contribution < -0.4 is 4.74 Å². The maximum atomic E-state index is 5.96. The Morgan fingerprint density at radius 3 is 2.88 bits per heavy atom. The normalized spacial score (nSPS) is 14.4. The van der Waals surface area contributed by atoms with Gasteiger partial charge < -0.3 is 4.74 Å². The number of aryl methyl sites for hydroxylation is 1. The van der Waals surface area contributed by atoms with Gasteiger partial charge in [0.1, 0.15) is 12.4 Å². The summed E-state index contributed by atoms with van der Waals surface area (Å²) in [5.41, 5.74) is 2.93. The van der Waals surface area contributed by atoms with Gasteiger partial charge in [0.2, 0.25) is 0 Å². The molecule has 0 saturated carbocycles. The largest absolute Gasteiger partial charge is 0.488 e. The average Bonchev–Trinajstić information content (AvgIpc) is 2.89. The zero-order valence-electron chi connectivity index (χ0n) is 9.82. The second-order valence-corrected chi connectivity index (χ2v) is 5.50. The van der Waals surface area contributed by atoms with Gasteiger partial charge in [-0.25, -0.2) is 0 Å². The van der Waals surface area contributed by atoms with Gasteiger partial charge in [-0.15, -0.1) is 11.3 Å². The van der Waals surface area contributed by atoms with Crippen molar-refractivity contribution in [3.8, 4) is 5.75 Å². The van der Waals surface area contributed by atoms with Gasteiger partial charge in [-0.3, -0.25) is 0 Å². The molecule has 0 N–H and O–H groups in total.